The number of nitrogens with zero attached hydrogens (tertiary/aromatic N) is 2. The lowest BCUT2D eigenvalue weighted by Gasteiger charge is -2.16. The van der Waals surface area contributed by atoms with Gasteiger partial charge in [-0.1, -0.05) is 29.8 Å². The molecule has 4 rings (SSSR count). The zero-order valence-electron chi connectivity index (χ0n) is 17.6. The number of imide groups is 1. The van der Waals surface area contributed by atoms with Gasteiger partial charge < -0.3 is 4.74 Å². The first kappa shape index (κ1) is 22.8. The third-order valence-corrected chi connectivity index (χ3v) is 5.60. The largest absolute Gasteiger partial charge is 0.454 e. The number of halogens is 1. The van der Waals surface area contributed by atoms with E-state index in [1.54, 1.807) is 31.2 Å². The van der Waals surface area contributed by atoms with E-state index in [1.165, 1.54) is 30.3 Å². The molecule has 0 bridgehead atoms. The van der Waals surface area contributed by atoms with Crippen molar-refractivity contribution in [3.8, 4) is 0 Å². The van der Waals surface area contributed by atoms with Gasteiger partial charge in [0.15, 0.2) is 6.61 Å². The molecule has 0 N–H and O–H groups in total. The summed E-state index contributed by atoms with van der Waals surface area (Å²) in [6, 6.07) is 14.3. The van der Waals surface area contributed by atoms with Gasteiger partial charge >= 0.3 is 5.97 Å². The number of para-hydroxylation sites is 1. The second-order valence-corrected chi connectivity index (χ2v) is 7.82. The van der Waals surface area contributed by atoms with Crippen LogP contribution in [0.1, 0.15) is 47.0 Å². The van der Waals surface area contributed by atoms with Gasteiger partial charge in [-0.3, -0.25) is 24.5 Å². The zero-order chi connectivity index (χ0) is 24.6. The molecule has 0 saturated heterocycles. The first-order valence-corrected chi connectivity index (χ1v) is 10.3. The predicted octanol–water partition coefficient (Wildman–Crippen LogP) is 4.40. The number of anilines is 1. The molecule has 0 aliphatic carbocycles. The number of carbonyl (C=O) groups excluding carboxylic acids is 4. The van der Waals surface area contributed by atoms with Gasteiger partial charge in [0.2, 0.25) is 5.78 Å². The number of nitro groups is 1. The minimum Gasteiger partial charge on any atom is -0.454 e. The molecule has 1 aliphatic rings. The SMILES string of the molecule is Cc1ccccc1N1C(=O)c2ccc(C(=O)OCC(=O)c3ccc(Cl)c([N+](=O)[O-])c3)cc2C1=O. The van der Waals surface area contributed by atoms with Crippen LogP contribution in [0.15, 0.2) is 60.7 Å². The number of rotatable bonds is 6. The molecular weight excluding hydrogens is 464 g/mol. The molecule has 170 valence electrons. The second-order valence-electron chi connectivity index (χ2n) is 7.42. The van der Waals surface area contributed by atoms with Crippen molar-refractivity contribution in [2.24, 2.45) is 0 Å². The van der Waals surface area contributed by atoms with Crippen molar-refractivity contribution < 1.29 is 28.8 Å². The lowest BCUT2D eigenvalue weighted by molar-refractivity contribution is -0.384. The number of Topliss-reactive ketones (excluding diaryl/α,β-unsaturated/α-hetero) is 1. The third kappa shape index (κ3) is 4.04. The highest BCUT2D eigenvalue weighted by molar-refractivity contribution is 6.35. The highest BCUT2D eigenvalue weighted by Gasteiger charge is 2.37. The number of amides is 2. The van der Waals surface area contributed by atoms with Crippen molar-refractivity contribution in [3.63, 3.8) is 0 Å². The molecule has 0 saturated carbocycles. The number of ketones is 1. The minimum absolute atomic E-state index is 0.0265. The van der Waals surface area contributed by atoms with Gasteiger partial charge in [-0.25, -0.2) is 9.69 Å². The van der Waals surface area contributed by atoms with Crippen LogP contribution in [0.2, 0.25) is 5.02 Å². The Morgan fingerprint density at radius 2 is 1.65 bits per heavy atom. The molecule has 3 aromatic carbocycles. The summed E-state index contributed by atoms with van der Waals surface area (Å²) in [6.45, 7) is 1.09. The van der Waals surface area contributed by atoms with Crippen molar-refractivity contribution in [2.45, 2.75) is 6.92 Å². The van der Waals surface area contributed by atoms with Crippen molar-refractivity contribution in [1.82, 2.24) is 0 Å². The van der Waals surface area contributed by atoms with E-state index in [1.807, 2.05) is 0 Å². The third-order valence-electron chi connectivity index (χ3n) is 5.28. The number of nitro benzene ring substituents is 1. The molecule has 0 radical (unpaired) electrons. The number of carbonyl (C=O) groups is 4. The average Bonchev–Trinajstić information content (AvgIpc) is 3.07. The summed E-state index contributed by atoms with van der Waals surface area (Å²) in [4.78, 5) is 61.9. The smallest absolute Gasteiger partial charge is 0.338 e. The average molecular weight is 479 g/mol. The number of aryl methyl sites for hydroxylation is 1. The molecule has 1 aliphatic heterocycles. The Morgan fingerprint density at radius 3 is 2.35 bits per heavy atom. The molecule has 10 heteroatoms. The quantitative estimate of drug-likeness (QED) is 0.169. The monoisotopic (exact) mass is 478 g/mol. The molecule has 3 aromatic rings. The minimum atomic E-state index is -0.894. The second kappa shape index (κ2) is 8.87. The molecule has 0 aromatic heterocycles. The summed E-state index contributed by atoms with van der Waals surface area (Å²) >= 11 is 5.74. The van der Waals surface area contributed by atoms with Gasteiger partial charge in [-0.15, -0.1) is 0 Å². The number of ether oxygens (including phenoxy) is 1. The van der Waals surface area contributed by atoms with E-state index < -0.39 is 40.8 Å². The lowest BCUT2D eigenvalue weighted by atomic mass is 10.1. The van der Waals surface area contributed by atoms with Gasteiger partial charge in [-0.05, 0) is 48.9 Å². The van der Waals surface area contributed by atoms with Gasteiger partial charge in [0.05, 0.1) is 27.3 Å². The van der Waals surface area contributed by atoms with E-state index in [-0.39, 0.29) is 27.3 Å². The van der Waals surface area contributed by atoms with Gasteiger partial charge in [0.1, 0.15) is 5.02 Å². The molecule has 2 amide bonds. The highest BCUT2D eigenvalue weighted by Crippen LogP contribution is 2.31. The Labute approximate surface area is 197 Å². The van der Waals surface area contributed by atoms with Gasteiger partial charge in [0.25, 0.3) is 17.5 Å². The fourth-order valence-corrected chi connectivity index (χ4v) is 3.71. The van der Waals surface area contributed by atoms with E-state index in [0.29, 0.717) is 5.69 Å². The fraction of sp³-hybridized carbons (Fsp3) is 0.0833. The summed E-state index contributed by atoms with van der Waals surface area (Å²) in [6.07, 6.45) is 0. The van der Waals surface area contributed by atoms with Crippen molar-refractivity contribution >= 4 is 46.5 Å². The number of fused-ring (bicyclic) bond motifs is 1. The van der Waals surface area contributed by atoms with Crippen molar-refractivity contribution in [2.75, 3.05) is 11.5 Å². The highest BCUT2D eigenvalue weighted by atomic mass is 35.5. The van der Waals surface area contributed by atoms with Gasteiger partial charge in [-0.2, -0.15) is 0 Å². The van der Waals surface area contributed by atoms with Crippen LogP contribution in [-0.2, 0) is 4.74 Å². The van der Waals surface area contributed by atoms with Crippen LogP contribution in [0.25, 0.3) is 0 Å². The molecular formula is C24H15ClN2O7. The summed E-state index contributed by atoms with van der Waals surface area (Å²) < 4.78 is 5.03. The maximum Gasteiger partial charge on any atom is 0.338 e. The normalized spacial score (nSPS) is 12.5. The molecule has 0 fully saturated rings. The Kier molecular flexibility index (Phi) is 5.95. The van der Waals surface area contributed by atoms with E-state index in [0.717, 1.165) is 16.5 Å². The Morgan fingerprint density at radius 1 is 0.971 bits per heavy atom. The maximum atomic E-state index is 12.9. The van der Waals surface area contributed by atoms with Crippen LogP contribution in [0.5, 0.6) is 0 Å². The summed E-state index contributed by atoms with van der Waals surface area (Å²) in [5.74, 6) is -2.65. The summed E-state index contributed by atoms with van der Waals surface area (Å²) in [5.41, 5.74) is 0.850. The van der Waals surface area contributed by atoms with Crippen LogP contribution in [0.3, 0.4) is 0 Å². The molecule has 9 nitrogen and oxygen atoms in total. The van der Waals surface area contributed by atoms with E-state index in [4.69, 9.17) is 16.3 Å². The summed E-state index contributed by atoms with van der Waals surface area (Å²) in [7, 11) is 0. The predicted molar refractivity (Wildman–Crippen MR) is 121 cm³/mol. The van der Waals surface area contributed by atoms with Crippen LogP contribution < -0.4 is 4.90 Å². The van der Waals surface area contributed by atoms with Crippen LogP contribution in [-0.4, -0.2) is 35.1 Å². The summed E-state index contributed by atoms with van der Waals surface area (Å²) in [5, 5.41) is 10.9. The molecule has 1 heterocycles. The Balaban J connectivity index is 1.51. The first-order chi connectivity index (χ1) is 16.2. The van der Waals surface area contributed by atoms with Crippen molar-refractivity contribution in [3.05, 3.63) is 104 Å². The zero-order valence-corrected chi connectivity index (χ0v) is 18.4. The van der Waals surface area contributed by atoms with Gasteiger partial charge in [0, 0.05) is 11.6 Å². The Hall–Kier alpha value is -4.37. The maximum absolute atomic E-state index is 12.9. The van der Waals surface area contributed by atoms with Crippen LogP contribution >= 0.6 is 11.6 Å². The van der Waals surface area contributed by atoms with Crippen molar-refractivity contribution in [1.29, 1.82) is 0 Å². The molecule has 34 heavy (non-hydrogen) atoms. The number of benzene rings is 3. The molecule has 0 atom stereocenters. The van der Waals surface area contributed by atoms with E-state index in [9.17, 15) is 29.3 Å². The first-order valence-electron chi connectivity index (χ1n) is 9.91. The molecule has 0 spiro atoms. The van der Waals surface area contributed by atoms with E-state index >= 15 is 0 Å². The Bertz CT molecular complexity index is 1400. The lowest BCUT2D eigenvalue weighted by Crippen LogP contribution is -2.29. The fourth-order valence-electron chi connectivity index (χ4n) is 3.52. The molecule has 0 unspecified atom stereocenters. The number of esters is 1. The standard InChI is InChI=1S/C24H15ClN2O7/c1-13-4-2-3-5-19(13)26-22(29)16-8-6-15(10-17(16)23(26)30)24(31)34-12-21(28)14-7-9-18(25)20(11-14)27(32)33/h2-11H,12H2,1H3. The van der Waals surface area contributed by atoms with Crippen LogP contribution in [0.4, 0.5) is 11.4 Å². The van der Waals surface area contributed by atoms with Crippen LogP contribution in [0, 0.1) is 17.0 Å². The number of hydrogen-bond acceptors (Lipinski definition) is 7. The number of hydrogen-bond donors (Lipinski definition) is 0. The topological polar surface area (TPSA) is 124 Å². The van der Waals surface area contributed by atoms with E-state index in [2.05, 4.69) is 0 Å².